The molecule has 14 heavy (non-hydrogen) atoms. The summed E-state index contributed by atoms with van der Waals surface area (Å²) in [4.78, 5) is 13.3. The van der Waals surface area contributed by atoms with Crippen molar-refractivity contribution in [3.05, 3.63) is 34.2 Å². The van der Waals surface area contributed by atoms with Crippen molar-refractivity contribution in [1.29, 1.82) is 0 Å². The van der Waals surface area contributed by atoms with Crippen LogP contribution in [0.5, 0.6) is 0 Å². The van der Waals surface area contributed by atoms with E-state index in [2.05, 4.69) is 15.0 Å². The smallest absolute Gasteiger partial charge is 0.266 e. The molecule has 0 fully saturated rings. The van der Waals surface area contributed by atoms with E-state index in [-0.39, 0.29) is 5.91 Å². The third kappa shape index (κ3) is 1.82. The Labute approximate surface area is 84.5 Å². The summed E-state index contributed by atoms with van der Waals surface area (Å²) in [6.07, 6.45) is 1.41. The maximum atomic E-state index is 11.5. The highest BCUT2D eigenvalue weighted by molar-refractivity contribution is 7.14. The number of aromatic nitrogens is 1. The average molecular weight is 208 g/mol. The Morgan fingerprint density at radius 3 is 2.93 bits per heavy atom. The number of amides is 1. The topological polar surface area (TPSA) is 55.1 Å². The molecule has 2 aromatic rings. The predicted molar refractivity (Wildman–Crippen MR) is 53.5 cm³/mol. The third-order valence-electron chi connectivity index (χ3n) is 1.64. The highest BCUT2D eigenvalue weighted by Gasteiger charge is 2.09. The van der Waals surface area contributed by atoms with Gasteiger partial charge in [0.15, 0.2) is 5.82 Å². The summed E-state index contributed by atoms with van der Waals surface area (Å²) < 4.78 is 4.60. The van der Waals surface area contributed by atoms with Gasteiger partial charge >= 0.3 is 0 Å². The van der Waals surface area contributed by atoms with Gasteiger partial charge in [0.2, 0.25) is 0 Å². The summed E-state index contributed by atoms with van der Waals surface area (Å²) in [6.45, 7) is 1.96. The van der Waals surface area contributed by atoms with Crippen molar-refractivity contribution in [2.45, 2.75) is 6.92 Å². The number of thiophene rings is 1. The maximum absolute atomic E-state index is 11.5. The molecule has 1 amide bonds. The lowest BCUT2D eigenvalue weighted by Gasteiger charge is -1.96. The van der Waals surface area contributed by atoms with Gasteiger partial charge in [0, 0.05) is 10.9 Å². The van der Waals surface area contributed by atoms with Gasteiger partial charge in [-0.3, -0.25) is 4.79 Å². The van der Waals surface area contributed by atoms with Crippen LogP contribution in [0.1, 0.15) is 14.5 Å². The SMILES string of the molecule is Cc1ccc(C(=O)Nc2ccon2)s1. The summed E-state index contributed by atoms with van der Waals surface area (Å²) in [6, 6.07) is 5.29. The Balaban J connectivity index is 2.10. The fourth-order valence-electron chi connectivity index (χ4n) is 1.01. The molecule has 0 aliphatic heterocycles. The molecule has 0 atom stereocenters. The van der Waals surface area contributed by atoms with Gasteiger partial charge in [-0.1, -0.05) is 5.16 Å². The molecule has 0 unspecified atom stereocenters. The molecule has 4 nitrogen and oxygen atoms in total. The number of hydrogen-bond acceptors (Lipinski definition) is 4. The van der Waals surface area contributed by atoms with E-state index in [1.54, 1.807) is 12.1 Å². The maximum Gasteiger partial charge on any atom is 0.266 e. The van der Waals surface area contributed by atoms with Crippen molar-refractivity contribution in [1.82, 2.24) is 5.16 Å². The van der Waals surface area contributed by atoms with Crippen LogP contribution in [0.25, 0.3) is 0 Å². The molecular formula is C9H8N2O2S. The van der Waals surface area contributed by atoms with Gasteiger partial charge < -0.3 is 9.84 Å². The van der Waals surface area contributed by atoms with Crippen molar-refractivity contribution < 1.29 is 9.32 Å². The second-order valence-corrected chi connectivity index (χ2v) is 4.04. The monoisotopic (exact) mass is 208 g/mol. The van der Waals surface area contributed by atoms with Gasteiger partial charge in [-0.05, 0) is 19.1 Å². The van der Waals surface area contributed by atoms with Gasteiger partial charge in [0.1, 0.15) is 6.26 Å². The number of rotatable bonds is 2. The van der Waals surface area contributed by atoms with Crippen LogP contribution in [-0.2, 0) is 0 Å². The second kappa shape index (κ2) is 3.63. The summed E-state index contributed by atoms with van der Waals surface area (Å²) in [5.74, 6) is 0.276. The molecule has 0 radical (unpaired) electrons. The van der Waals surface area contributed by atoms with E-state index in [0.717, 1.165) is 4.88 Å². The summed E-state index contributed by atoms with van der Waals surface area (Å²) >= 11 is 1.45. The van der Waals surface area contributed by atoms with Gasteiger partial charge in [0.05, 0.1) is 4.88 Å². The highest BCUT2D eigenvalue weighted by atomic mass is 32.1. The summed E-state index contributed by atoms with van der Waals surface area (Å²) in [5.41, 5.74) is 0. The van der Waals surface area contributed by atoms with E-state index >= 15 is 0 Å². The number of carbonyl (C=O) groups excluding carboxylic acids is 1. The van der Waals surface area contributed by atoms with Crippen molar-refractivity contribution in [3.8, 4) is 0 Å². The zero-order valence-electron chi connectivity index (χ0n) is 7.48. The van der Waals surface area contributed by atoms with Crippen molar-refractivity contribution in [3.63, 3.8) is 0 Å². The largest absolute Gasteiger partial charge is 0.363 e. The average Bonchev–Trinajstić information content (AvgIpc) is 2.75. The number of nitrogens with one attached hydrogen (secondary N) is 1. The molecule has 0 bridgehead atoms. The molecular weight excluding hydrogens is 200 g/mol. The van der Waals surface area contributed by atoms with Crippen molar-refractivity contribution >= 4 is 23.1 Å². The van der Waals surface area contributed by atoms with E-state index in [9.17, 15) is 4.79 Å². The number of anilines is 1. The second-order valence-electron chi connectivity index (χ2n) is 2.75. The van der Waals surface area contributed by atoms with Gasteiger partial charge in [-0.2, -0.15) is 0 Å². The first-order valence-electron chi connectivity index (χ1n) is 4.04. The zero-order chi connectivity index (χ0) is 9.97. The molecule has 0 saturated heterocycles. The van der Waals surface area contributed by atoms with Crippen LogP contribution in [0.15, 0.2) is 29.0 Å². The molecule has 2 heterocycles. The van der Waals surface area contributed by atoms with E-state index < -0.39 is 0 Å². The standard InChI is InChI=1S/C9H8N2O2S/c1-6-2-3-7(14-6)9(12)10-8-4-5-13-11-8/h2-5H,1H3,(H,10,11,12). The molecule has 0 aromatic carbocycles. The molecule has 0 spiro atoms. The fourth-order valence-corrected chi connectivity index (χ4v) is 1.77. The number of nitrogens with zero attached hydrogens (tertiary/aromatic N) is 1. The molecule has 0 saturated carbocycles. The fraction of sp³-hybridized carbons (Fsp3) is 0.111. The Hall–Kier alpha value is -1.62. The van der Waals surface area contributed by atoms with E-state index in [1.807, 2.05) is 13.0 Å². The lowest BCUT2D eigenvalue weighted by molar-refractivity contribution is 0.102. The van der Waals surface area contributed by atoms with Crippen LogP contribution < -0.4 is 5.32 Å². The minimum atomic E-state index is -0.156. The van der Waals surface area contributed by atoms with Gasteiger partial charge in [-0.25, -0.2) is 0 Å². The van der Waals surface area contributed by atoms with E-state index in [4.69, 9.17) is 0 Å². The first-order valence-corrected chi connectivity index (χ1v) is 4.85. The van der Waals surface area contributed by atoms with Crippen LogP contribution >= 0.6 is 11.3 Å². The minimum Gasteiger partial charge on any atom is -0.363 e. The Kier molecular flexibility index (Phi) is 2.32. The normalized spacial score (nSPS) is 10.1. The lowest BCUT2D eigenvalue weighted by atomic mass is 10.4. The quantitative estimate of drug-likeness (QED) is 0.823. The number of aryl methyl sites for hydroxylation is 1. The van der Waals surface area contributed by atoms with Gasteiger partial charge in [-0.15, -0.1) is 11.3 Å². The van der Waals surface area contributed by atoms with Crippen molar-refractivity contribution in [2.24, 2.45) is 0 Å². The molecule has 1 N–H and O–H groups in total. The Morgan fingerprint density at radius 2 is 2.36 bits per heavy atom. The lowest BCUT2D eigenvalue weighted by Crippen LogP contribution is -2.09. The third-order valence-corrected chi connectivity index (χ3v) is 2.64. The molecule has 72 valence electrons. The number of hydrogen-bond donors (Lipinski definition) is 1. The predicted octanol–water partition coefficient (Wildman–Crippen LogP) is 2.30. The summed E-state index contributed by atoms with van der Waals surface area (Å²) in [5, 5.41) is 6.20. The highest BCUT2D eigenvalue weighted by Crippen LogP contribution is 2.16. The first-order chi connectivity index (χ1) is 6.75. The van der Waals surface area contributed by atoms with Crippen LogP contribution in [0.3, 0.4) is 0 Å². The van der Waals surface area contributed by atoms with Gasteiger partial charge in [0.25, 0.3) is 5.91 Å². The van der Waals surface area contributed by atoms with E-state index in [0.29, 0.717) is 10.7 Å². The van der Waals surface area contributed by atoms with Crippen LogP contribution in [0, 0.1) is 6.92 Å². The van der Waals surface area contributed by atoms with Crippen LogP contribution in [0.2, 0.25) is 0 Å². The Bertz CT molecular complexity index is 433. The zero-order valence-corrected chi connectivity index (χ0v) is 8.30. The van der Waals surface area contributed by atoms with Crippen molar-refractivity contribution in [2.75, 3.05) is 5.32 Å². The molecule has 2 rings (SSSR count). The minimum absolute atomic E-state index is 0.156. The van der Waals surface area contributed by atoms with Crippen LogP contribution in [-0.4, -0.2) is 11.1 Å². The molecule has 5 heteroatoms. The Morgan fingerprint density at radius 1 is 1.50 bits per heavy atom. The van der Waals surface area contributed by atoms with Crippen LogP contribution in [0.4, 0.5) is 5.82 Å². The molecule has 0 aliphatic carbocycles. The number of carbonyl (C=O) groups is 1. The molecule has 2 aromatic heterocycles. The molecule has 0 aliphatic rings. The van der Waals surface area contributed by atoms with E-state index in [1.165, 1.54) is 17.6 Å². The first kappa shape index (κ1) is 8.96. The summed E-state index contributed by atoms with van der Waals surface area (Å²) in [7, 11) is 0.